The molecule has 2 nitrogen and oxygen atoms in total. The molecule has 1 N–H and O–H groups in total. The molecular formula is C9H11BrFNO. The molecule has 0 amide bonds. The van der Waals surface area contributed by atoms with E-state index < -0.39 is 6.67 Å². The van der Waals surface area contributed by atoms with Crippen molar-refractivity contribution in [1.29, 1.82) is 0 Å². The van der Waals surface area contributed by atoms with Gasteiger partial charge in [0.25, 0.3) is 0 Å². The molecule has 0 unspecified atom stereocenters. The Bertz CT molecular complexity index is 280. The van der Waals surface area contributed by atoms with Gasteiger partial charge in [-0.3, -0.25) is 0 Å². The molecule has 0 radical (unpaired) electrons. The van der Waals surface area contributed by atoms with E-state index in [4.69, 9.17) is 4.74 Å². The minimum absolute atomic E-state index is 0.298. The molecular weight excluding hydrogens is 237 g/mol. The number of anilines is 1. The van der Waals surface area contributed by atoms with Crippen LogP contribution < -0.4 is 10.1 Å². The van der Waals surface area contributed by atoms with Crippen molar-refractivity contribution < 1.29 is 9.13 Å². The molecule has 0 aliphatic carbocycles. The Morgan fingerprint density at radius 2 is 2.31 bits per heavy atom. The molecule has 0 fully saturated rings. The van der Waals surface area contributed by atoms with Gasteiger partial charge in [0.15, 0.2) is 0 Å². The van der Waals surface area contributed by atoms with Crippen LogP contribution in [0.15, 0.2) is 22.7 Å². The monoisotopic (exact) mass is 247 g/mol. The van der Waals surface area contributed by atoms with Gasteiger partial charge >= 0.3 is 0 Å². The third-order valence-corrected chi connectivity index (χ3v) is 2.06. The highest BCUT2D eigenvalue weighted by molar-refractivity contribution is 9.10. The Balaban J connectivity index is 2.81. The minimum atomic E-state index is -0.393. The molecule has 0 saturated carbocycles. The Hall–Kier alpha value is -0.770. The maximum absolute atomic E-state index is 11.9. The maximum Gasteiger partial charge on any atom is 0.142 e. The zero-order valence-electron chi connectivity index (χ0n) is 7.31. The van der Waals surface area contributed by atoms with Crippen molar-refractivity contribution >= 4 is 21.6 Å². The van der Waals surface area contributed by atoms with E-state index in [2.05, 4.69) is 21.2 Å². The van der Waals surface area contributed by atoms with E-state index in [1.165, 1.54) is 0 Å². The van der Waals surface area contributed by atoms with Crippen molar-refractivity contribution in [2.75, 3.05) is 25.6 Å². The molecule has 0 aliphatic rings. The van der Waals surface area contributed by atoms with E-state index in [-0.39, 0.29) is 0 Å². The van der Waals surface area contributed by atoms with Gasteiger partial charge in [-0.05, 0) is 18.2 Å². The van der Waals surface area contributed by atoms with Crippen molar-refractivity contribution in [3.63, 3.8) is 0 Å². The van der Waals surface area contributed by atoms with Crippen LogP contribution >= 0.6 is 15.9 Å². The first-order valence-electron chi connectivity index (χ1n) is 3.91. The zero-order chi connectivity index (χ0) is 9.68. The molecule has 0 saturated heterocycles. The molecule has 1 aromatic carbocycles. The highest BCUT2D eigenvalue weighted by atomic mass is 79.9. The van der Waals surface area contributed by atoms with E-state index in [0.717, 1.165) is 15.9 Å². The summed E-state index contributed by atoms with van der Waals surface area (Å²) in [5, 5.41) is 2.92. The summed E-state index contributed by atoms with van der Waals surface area (Å²) in [5.41, 5.74) is 0.800. The summed E-state index contributed by atoms with van der Waals surface area (Å²) in [6.45, 7) is -0.0948. The molecule has 0 spiro atoms. The average Bonchev–Trinajstić information content (AvgIpc) is 2.15. The van der Waals surface area contributed by atoms with E-state index in [9.17, 15) is 4.39 Å². The van der Waals surface area contributed by atoms with Crippen molar-refractivity contribution in [3.05, 3.63) is 22.7 Å². The van der Waals surface area contributed by atoms with Gasteiger partial charge in [-0.15, -0.1) is 0 Å². The summed E-state index contributed by atoms with van der Waals surface area (Å²) in [6, 6.07) is 5.55. The second-order valence-electron chi connectivity index (χ2n) is 2.46. The van der Waals surface area contributed by atoms with Crippen LogP contribution in [0.5, 0.6) is 5.75 Å². The first-order chi connectivity index (χ1) is 6.27. The lowest BCUT2D eigenvalue weighted by atomic mass is 10.3. The fourth-order valence-corrected chi connectivity index (χ4v) is 1.36. The fourth-order valence-electron chi connectivity index (χ4n) is 1.00. The van der Waals surface area contributed by atoms with Crippen LogP contribution in [-0.2, 0) is 0 Å². The summed E-state index contributed by atoms with van der Waals surface area (Å²) >= 11 is 3.33. The van der Waals surface area contributed by atoms with E-state index in [0.29, 0.717) is 6.54 Å². The van der Waals surface area contributed by atoms with Crippen molar-refractivity contribution in [1.82, 2.24) is 0 Å². The topological polar surface area (TPSA) is 21.3 Å². The second kappa shape index (κ2) is 5.07. The van der Waals surface area contributed by atoms with E-state index >= 15 is 0 Å². The molecule has 0 heterocycles. The number of hydrogen-bond acceptors (Lipinski definition) is 2. The van der Waals surface area contributed by atoms with Crippen molar-refractivity contribution in [2.24, 2.45) is 0 Å². The molecule has 0 atom stereocenters. The smallest absolute Gasteiger partial charge is 0.142 e. The number of benzene rings is 1. The highest BCUT2D eigenvalue weighted by Crippen LogP contribution is 2.27. The first kappa shape index (κ1) is 10.3. The number of hydrogen-bond donors (Lipinski definition) is 1. The molecule has 4 heteroatoms. The minimum Gasteiger partial charge on any atom is -0.495 e. The van der Waals surface area contributed by atoms with Crippen molar-refractivity contribution in [2.45, 2.75) is 0 Å². The predicted octanol–water partition coefficient (Wildman–Crippen LogP) is 2.84. The summed E-state index contributed by atoms with van der Waals surface area (Å²) < 4.78 is 17.9. The van der Waals surface area contributed by atoms with Crippen LogP contribution in [0.4, 0.5) is 10.1 Å². The quantitative estimate of drug-likeness (QED) is 0.884. The molecule has 0 bridgehead atoms. The fraction of sp³-hybridized carbons (Fsp3) is 0.333. The van der Waals surface area contributed by atoms with Crippen LogP contribution in [-0.4, -0.2) is 20.3 Å². The van der Waals surface area contributed by atoms with Crippen molar-refractivity contribution in [3.8, 4) is 5.75 Å². The SMILES string of the molecule is COc1ccc(Br)cc1NCCF. The third-order valence-electron chi connectivity index (χ3n) is 1.57. The van der Waals surface area contributed by atoms with Gasteiger partial charge in [0, 0.05) is 11.0 Å². The number of halogens is 2. The third kappa shape index (κ3) is 2.88. The Morgan fingerprint density at radius 1 is 1.54 bits per heavy atom. The van der Waals surface area contributed by atoms with E-state index in [1.807, 2.05) is 18.2 Å². The first-order valence-corrected chi connectivity index (χ1v) is 4.70. The lowest BCUT2D eigenvalue weighted by Gasteiger charge is -2.09. The largest absolute Gasteiger partial charge is 0.495 e. The lowest BCUT2D eigenvalue weighted by molar-refractivity contribution is 0.416. The lowest BCUT2D eigenvalue weighted by Crippen LogP contribution is -2.04. The second-order valence-corrected chi connectivity index (χ2v) is 3.38. The summed E-state index contributed by atoms with van der Waals surface area (Å²) in [4.78, 5) is 0. The number of nitrogens with one attached hydrogen (secondary N) is 1. The van der Waals surface area contributed by atoms with Crippen LogP contribution in [0.3, 0.4) is 0 Å². The Morgan fingerprint density at radius 3 is 2.92 bits per heavy atom. The maximum atomic E-state index is 11.9. The van der Waals surface area contributed by atoms with Gasteiger partial charge in [0.05, 0.1) is 12.8 Å². The molecule has 0 aliphatic heterocycles. The highest BCUT2D eigenvalue weighted by Gasteiger charge is 2.01. The average molecular weight is 248 g/mol. The van der Waals surface area contributed by atoms with Crippen LogP contribution in [0.1, 0.15) is 0 Å². The number of methoxy groups -OCH3 is 1. The summed E-state index contributed by atoms with van der Waals surface area (Å²) in [7, 11) is 1.59. The summed E-state index contributed by atoms with van der Waals surface area (Å²) in [6.07, 6.45) is 0. The normalized spacial score (nSPS) is 9.77. The van der Waals surface area contributed by atoms with Gasteiger partial charge in [-0.25, -0.2) is 4.39 Å². The summed E-state index contributed by atoms with van der Waals surface area (Å²) in [5.74, 6) is 0.719. The van der Waals surface area contributed by atoms with Gasteiger partial charge < -0.3 is 10.1 Å². The van der Waals surface area contributed by atoms with E-state index in [1.54, 1.807) is 7.11 Å². The molecule has 0 aromatic heterocycles. The van der Waals surface area contributed by atoms with Crippen LogP contribution in [0.25, 0.3) is 0 Å². The molecule has 1 rings (SSSR count). The van der Waals surface area contributed by atoms with Gasteiger partial charge in [0.2, 0.25) is 0 Å². The predicted molar refractivity (Wildman–Crippen MR) is 55.2 cm³/mol. The standard InChI is InChI=1S/C9H11BrFNO/c1-13-9-3-2-7(10)6-8(9)12-5-4-11/h2-3,6,12H,4-5H2,1H3. The molecule has 1 aromatic rings. The Labute approximate surface area is 85.2 Å². The number of alkyl halides is 1. The van der Waals surface area contributed by atoms with Crippen LogP contribution in [0, 0.1) is 0 Å². The molecule has 13 heavy (non-hydrogen) atoms. The zero-order valence-corrected chi connectivity index (χ0v) is 8.90. The Kier molecular flexibility index (Phi) is 4.02. The van der Waals surface area contributed by atoms with Crippen LogP contribution in [0.2, 0.25) is 0 Å². The molecule has 72 valence electrons. The number of rotatable bonds is 4. The van der Waals surface area contributed by atoms with Gasteiger partial charge in [-0.1, -0.05) is 15.9 Å². The van der Waals surface area contributed by atoms with Gasteiger partial charge in [-0.2, -0.15) is 0 Å². The number of ether oxygens (including phenoxy) is 1. The van der Waals surface area contributed by atoms with Gasteiger partial charge in [0.1, 0.15) is 12.4 Å².